The van der Waals surface area contributed by atoms with Gasteiger partial charge in [0, 0.05) is 5.56 Å². The summed E-state index contributed by atoms with van der Waals surface area (Å²) in [6.07, 6.45) is 1.43. The lowest BCUT2D eigenvalue weighted by molar-refractivity contribution is 0.0733. The molecule has 10 heteroatoms. The second-order valence-corrected chi connectivity index (χ2v) is 7.14. The lowest BCUT2D eigenvalue weighted by Gasteiger charge is -2.13. The van der Waals surface area contributed by atoms with E-state index < -0.39 is 11.9 Å². The molecule has 1 amide bonds. The lowest BCUT2D eigenvalue weighted by atomic mass is 10.1. The molecule has 0 fully saturated rings. The molecular formula is C25H22N2O8. The highest BCUT2D eigenvalue weighted by atomic mass is 16.7. The number of benzene rings is 3. The number of hydrogen-bond acceptors (Lipinski definition) is 9. The minimum Gasteiger partial charge on any atom is -0.493 e. The number of hydrazone groups is 1. The minimum absolute atomic E-state index is 0.124. The Morgan fingerprint density at radius 2 is 1.63 bits per heavy atom. The number of fused-ring (bicyclic) bond motifs is 1. The van der Waals surface area contributed by atoms with Crippen molar-refractivity contribution in [3.63, 3.8) is 0 Å². The van der Waals surface area contributed by atoms with Gasteiger partial charge < -0.3 is 28.4 Å². The fraction of sp³-hybridized carbons (Fsp3) is 0.160. The van der Waals surface area contributed by atoms with Crippen LogP contribution in [0.3, 0.4) is 0 Å². The smallest absolute Gasteiger partial charge is 0.343 e. The van der Waals surface area contributed by atoms with E-state index in [4.69, 9.17) is 28.4 Å². The summed E-state index contributed by atoms with van der Waals surface area (Å²) < 4.78 is 31.8. The van der Waals surface area contributed by atoms with E-state index in [2.05, 4.69) is 10.5 Å². The van der Waals surface area contributed by atoms with E-state index >= 15 is 0 Å². The quantitative estimate of drug-likeness (QED) is 0.227. The molecule has 4 rings (SSSR count). The number of rotatable bonds is 8. The summed E-state index contributed by atoms with van der Waals surface area (Å²) in [5.74, 6) is 1.38. The Morgan fingerprint density at radius 1 is 0.886 bits per heavy atom. The second-order valence-electron chi connectivity index (χ2n) is 7.14. The number of carbonyl (C=O) groups excluding carboxylic acids is 2. The van der Waals surface area contributed by atoms with Crippen molar-refractivity contribution in [3.8, 4) is 34.5 Å². The SMILES string of the molecule is COc1cc(C(=O)Oc2cccc(C=NNC(=O)c3ccc4c(c3)OCO4)c2)cc(OC)c1OC. The van der Waals surface area contributed by atoms with E-state index in [1.54, 1.807) is 42.5 Å². The van der Waals surface area contributed by atoms with Crippen LogP contribution >= 0.6 is 0 Å². The molecule has 180 valence electrons. The number of hydrogen-bond donors (Lipinski definition) is 1. The van der Waals surface area contributed by atoms with Gasteiger partial charge in [-0.3, -0.25) is 4.79 Å². The van der Waals surface area contributed by atoms with Gasteiger partial charge >= 0.3 is 5.97 Å². The van der Waals surface area contributed by atoms with Gasteiger partial charge in [0.2, 0.25) is 12.5 Å². The van der Waals surface area contributed by atoms with Crippen molar-refractivity contribution in [2.75, 3.05) is 28.1 Å². The number of nitrogens with zero attached hydrogens (tertiary/aromatic N) is 1. The van der Waals surface area contributed by atoms with Gasteiger partial charge in [-0.05, 0) is 48.0 Å². The number of amides is 1. The van der Waals surface area contributed by atoms with Crippen LogP contribution in [0.25, 0.3) is 0 Å². The number of carbonyl (C=O) groups is 2. The number of nitrogens with one attached hydrogen (secondary N) is 1. The van der Waals surface area contributed by atoms with Gasteiger partial charge in [0.05, 0.1) is 33.1 Å². The van der Waals surface area contributed by atoms with Gasteiger partial charge in [-0.2, -0.15) is 5.10 Å². The topological polar surface area (TPSA) is 114 Å². The Balaban J connectivity index is 1.42. The first kappa shape index (κ1) is 23.4. The summed E-state index contributed by atoms with van der Waals surface area (Å²) in [6, 6.07) is 14.5. The Kier molecular flexibility index (Phi) is 7.01. The average molecular weight is 478 g/mol. The van der Waals surface area contributed by atoms with Crippen LogP contribution in [0.4, 0.5) is 0 Å². The highest BCUT2D eigenvalue weighted by Crippen LogP contribution is 2.38. The maximum absolute atomic E-state index is 12.7. The van der Waals surface area contributed by atoms with Crippen LogP contribution in [0, 0.1) is 0 Å². The molecule has 10 nitrogen and oxygen atoms in total. The number of ether oxygens (including phenoxy) is 6. The molecule has 0 atom stereocenters. The van der Waals surface area contributed by atoms with Gasteiger partial charge in [-0.1, -0.05) is 12.1 Å². The van der Waals surface area contributed by atoms with Crippen LogP contribution in [0.5, 0.6) is 34.5 Å². The highest BCUT2D eigenvalue weighted by Gasteiger charge is 2.19. The summed E-state index contributed by atoms with van der Waals surface area (Å²) in [7, 11) is 4.39. The molecule has 1 aliphatic rings. The van der Waals surface area contributed by atoms with Crippen molar-refractivity contribution < 1.29 is 38.0 Å². The van der Waals surface area contributed by atoms with Gasteiger partial charge in [0.1, 0.15) is 5.75 Å². The van der Waals surface area contributed by atoms with Crippen molar-refractivity contribution in [2.45, 2.75) is 0 Å². The van der Waals surface area contributed by atoms with Crippen molar-refractivity contribution in [1.82, 2.24) is 5.43 Å². The Bertz CT molecular complexity index is 1260. The van der Waals surface area contributed by atoms with Crippen LogP contribution in [0.15, 0.2) is 59.7 Å². The predicted molar refractivity (Wildman–Crippen MR) is 125 cm³/mol. The third-order valence-corrected chi connectivity index (χ3v) is 4.98. The van der Waals surface area contributed by atoms with Crippen molar-refractivity contribution in [3.05, 3.63) is 71.3 Å². The zero-order valence-electron chi connectivity index (χ0n) is 19.2. The Hall–Kier alpha value is -4.73. The first-order valence-electron chi connectivity index (χ1n) is 10.4. The first-order valence-corrected chi connectivity index (χ1v) is 10.4. The zero-order chi connectivity index (χ0) is 24.8. The van der Waals surface area contributed by atoms with Crippen LogP contribution < -0.4 is 33.8 Å². The molecule has 1 aliphatic heterocycles. The van der Waals surface area contributed by atoms with E-state index in [0.29, 0.717) is 39.9 Å². The molecule has 1 N–H and O–H groups in total. The van der Waals surface area contributed by atoms with Gasteiger partial charge in [0.25, 0.3) is 5.91 Å². The average Bonchev–Trinajstić information content (AvgIpc) is 3.36. The molecule has 0 aliphatic carbocycles. The maximum atomic E-state index is 12.7. The van der Waals surface area contributed by atoms with Crippen LogP contribution in [-0.4, -0.2) is 46.2 Å². The third kappa shape index (κ3) is 5.27. The van der Waals surface area contributed by atoms with Crippen LogP contribution in [0.2, 0.25) is 0 Å². The van der Waals surface area contributed by atoms with Crippen molar-refractivity contribution in [1.29, 1.82) is 0 Å². The summed E-state index contributed by atoms with van der Waals surface area (Å²) in [6.45, 7) is 0.124. The van der Waals surface area contributed by atoms with Gasteiger partial charge in [-0.25, -0.2) is 10.2 Å². The minimum atomic E-state index is -0.616. The molecule has 0 unspecified atom stereocenters. The number of methoxy groups -OCH3 is 3. The summed E-state index contributed by atoms with van der Waals surface area (Å²) >= 11 is 0. The fourth-order valence-electron chi connectivity index (χ4n) is 3.29. The van der Waals surface area contributed by atoms with Crippen LogP contribution in [0.1, 0.15) is 26.3 Å². The molecule has 3 aromatic rings. The predicted octanol–water partition coefficient (Wildman–Crippen LogP) is 3.42. The maximum Gasteiger partial charge on any atom is 0.343 e. The molecule has 35 heavy (non-hydrogen) atoms. The summed E-state index contributed by atoms with van der Waals surface area (Å²) in [5, 5.41) is 3.97. The lowest BCUT2D eigenvalue weighted by Crippen LogP contribution is -2.17. The molecule has 1 heterocycles. The van der Waals surface area contributed by atoms with Gasteiger partial charge in [-0.15, -0.1) is 0 Å². The van der Waals surface area contributed by atoms with Crippen LogP contribution in [-0.2, 0) is 0 Å². The van der Waals surface area contributed by atoms with Gasteiger partial charge in [0.15, 0.2) is 23.0 Å². The Morgan fingerprint density at radius 3 is 2.34 bits per heavy atom. The third-order valence-electron chi connectivity index (χ3n) is 4.98. The normalized spacial score (nSPS) is 11.7. The summed E-state index contributed by atoms with van der Waals surface area (Å²) in [5.41, 5.74) is 3.64. The van der Waals surface area contributed by atoms with E-state index in [-0.39, 0.29) is 18.1 Å². The zero-order valence-corrected chi connectivity index (χ0v) is 19.2. The number of esters is 1. The highest BCUT2D eigenvalue weighted by molar-refractivity contribution is 5.96. The standard InChI is InChI=1S/C25H22N2O8/c1-30-21-11-17(12-22(31-2)23(21)32-3)25(29)35-18-6-4-5-15(9-18)13-26-27-24(28)16-7-8-19-20(10-16)34-14-33-19/h4-13H,14H2,1-3H3,(H,27,28). The molecule has 0 saturated carbocycles. The molecule has 0 bridgehead atoms. The van der Waals surface area contributed by atoms with Crippen molar-refractivity contribution >= 4 is 18.1 Å². The van der Waals surface area contributed by atoms with E-state index in [1.165, 1.54) is 39.7 Å². The molecular weight excluding hydrogens is 456 g/mol. The first-order chi connectivity index (χ1) is 17.0. The largest absolute Gasteiger partial charge is 0.493 e. The van der Waals surface area contributed by atoms with E-state index in [9.17, 15) is 9.59 Å². The molecule has 3 aromatic carbocycles. The monoisotopic (exact) mass is 478 g/mol. The molecule has 0 spiro atoms. The summed E-state index contributed by atoms with van der Waals surface area (Å²) in [4.78, 5) is 25.1. The molecule has 0 radical (unpaired) electrons. The van der Waals surface area contributed by atoms with E-state index in [1.807, 2.05) is 0 Å². The molecule has 0 aromatic heterocycles. The van der Waals surface area contributed by atoms with Crippen molar-refractivity contribution in [2.24, 2.45) is 5.10 Å². The fourth-order valence-corrected chi connectivity index (χ4v) is 3.29. The van der Waals surface area contributed by atoms with E-state index in [0.717, 1.165) is 0 Å². The second kappa shape index (κ2) is 10.5. The molecule has 0 saturated heterocycles. The Labute approximate surface area is 201 Å².